The fraction of sp³-hybridized carbons (Fsp3) is 0.438. The SMILES string of the molecule is CCNc1cc(C2CCCC2)nc2cc(F)c(Br)cc12. The number of pyridine rings is 1. The highest BCUT2D eigenvalue weighted by Gasteiger charge is 2.20. The van der Waals surface area contributed by atoms with E-state index in [1.54, 1.807) is 0 Å². The normalized spacial score (nSPS) is 15.9. The predicted molar refractivity (Wildman–Crippen MR) is 84.8 cm³/mol. The van der Waals surface area contributed by atoms with E-state index in [2.05, 4.69) is 34.2 Å². The third-order valence-corrected chi connectivity index (χ3v) is 4.62. The predicted octanol–water partition coefficient (Wildman–Crippen LogP) is 5.23. The summed E-state index contributed by atoms with van der Waals surface area (Å²) in [6, 6.07) is 5.49. The molecule has 0 saturated heterocycles. The summed E-state index contributed by atoms with van der Waals surface area (Å²) in [7, 11) is 0. The molecule has 106 valence electrons. The van der Waals surface area contributed by atoms with Gasteiger partial charge in [-0.1, -0.05) is 12.8 Å². The number of fused-ring (bicyclic) bond motifs is 1. The lowest BCUT2D eigenvalue weighted by atomic mass is 10.0. The zero-order chi connectivity index (χ0) is 14.1. The van der Waals surface area contributed by atoms with Gasteiger partial charge in [-0.2, -0.15) is 0 Å². The minimum absolute atomic E-state index is 0.254. The number of hydrogen-bond donors (Lipinski definition) is 1. The monoisotopic (exact) mass is 336 g/mol. The van der Waals surface area contributed by atoms with Crippen LogP contribution in [-0.2, 0) is 0 Å². The van der Waals surface area contributed by atoms with Crippen LogP contribution in [0, 0.1) is 5.82 Å². The molecule has 0 unspecified atom stereocenters. The summed E-state index contributed by atoms with van der Waals surface area (Å²) < 4.78 is 14.3. The van der Waals surface area contributed by atoms with Gasteiger partial charge in [0.1, 0.15) is 5.82 Å². The summed E-state index contributed by atoms with van der Waals surface area (Å²) in [5, 5.41) is 4.35. The van der Waals surface area contributed by atoms with Gasteiger partial charge in [-0.05, 0) is 47.8 Å². The molecule has 0 radical (unpaired) electrons. The van der Waals surface area contributed by atoms with Crippen molar-refractivity contribution in [3.63, 3.8) is 0 Å². The molecule has 1 aromatic carbocycles. The molecule has 2 nitrogen and oxygen atoms in total. The van der Waals surface area contributed by atoms with Gasteiger partial charge < -0.3 is 5.32 Å². The van der Waals surface area contributed by atoms with Crippen LogP contribution in [0.4, 0.5) is 10.1 Å². The zero-order valence-electron chi connectivity index (χ0n) is 11.5. The lowest BCUT2D eigenvalue weighted by Crippen LogP contribution is -2.03. The van der Waals surface area contributed by atoms with Crippen molar-refractivity contribution in [2.24, 2.45) is 0 Å². The number of nitrogens with zero attached hydrogens (tertiary/aromatic N) is 1. The maximum atomic E-state index is 13.8. The van der Waals surface area contributed by atoms with E-state index in [1.807, 2.05) is 6.07 Å². The highest BCUT2D eigenvalue weighted by atomic mass is 79.9. The lowest BCUT2D eigenvalue weighted by Gasteiger charge is -2.14. The van der Waals surface area contributed by atoms with E-state index < -0.39 is 0 Å². The van der Waals surface area contributed by atoms with Gasteiger partial charge in [0.25, 0.3) is 0 Å². The van der Waals surface area contributed by atoms with Crippen LogP contribution in [0.5, 0.6) is 0 Å². The molecule has 4 heteroatoms. The minimum atomic E-state index is -0.254. The molecule has 0 atom stereocenters. The Bertz CT molecular complexity index is 636. The molecule has 1 aromatic heterocycles. The fourth-order valence-corrected chi connectivity index (χ4v) is 3.35. The first-order chi connectivity index (χ1) is 9.69. The first kappa shape index (κ1) is 13.8. The van der Waals surface area contributed by atoms with Crippen LogP contribution in [-0.4, -0.2) is 11.5 Å². The Kier molecular flexibility index (Phi) is 3.92. The van der Waals surface area contributed by atoms with Gasteiger partial charge in [-0.25, -0.2) is 4.39 Å². The van der Waals surface area contributed by atoms with Gasteiger partial charge in [0.2, 0.25) is 0 Å². The van der Waals surface area contributed by atoms with E-state index in [0.29, 0.717) is 10.4 Å². The van der Waals surface area contributed by atoms with Crippen molar-refractivity contribution in [3.8, 4) is 0 Å². The third kappa shape index (κ3) is 2.53. The molecule has 2 aromatic rings. The average molecular weight is 337 g/mol. The van der Waals surface area contributed by atoms with E-state index in [4.69, 9.17) is 4.98 Å². The summed E-state index contributed by atoms with van der Waals surface area (Å²) in [6.07, 6.45) is 4.94. The smallest absolute Gasteiger partial charge is 0.139 e. The van der Waals surface area contributed by atoms with Crippen molar-refractivity contribution in [3.05, 3.63) is 34.2 Å². The summed E-state index contributed by atoms with van der Waals surface area (Å²) in [6.45, 7) is 2.91. The highest BCUT2D eigenvalue weighted by Crippen LogP contribution is 2.36. The van der Waals surface area contributed by atoms with Crippen LogP contribution in [0.15, 0.2) is 22.7 Å². The van der Waals surface area contributed by atoms with Crippen LogP contribution in [0.2, 0.25) is 0 Å². The van der Waals surface area contributed by atoms with E-state index in [9.17, 15) is 4.39 Å². The molecule has 0 amide bonds. The number of benzene rings is 1. The molecule has 1 N–H and O–H groups in total. The van der Waals surface area contributed by atoms with Gasteiger partial charge in [0.15, 0.2) is 0 Å². The molecular formula is C16H18BrFN2. The summed E-state index contributed by atoms with van der Waals surface area (Å²) in [4.78, 5) is 4.70. The van der Waals surface area contributed by atoms with E-state index in [-0.39, 0.29) is 5.82 Å². The van der Waals surface area contributed by atoms with Gasteiger partial charge in [-0.3, -0.25) is 4.98 Å². The van der Waals surface area contributed by atoms with Gasteiger partial charge in [-0.15, -0.1) is 0 Å². The van der Waals surface area contributed by atoms with Crippen LogP contribution < -0.4 is 5.32 Å². The van der Waals surface area contributed by atoms with Gasteiger partial charge in [0.05, 0.1) is 9.99 Å². The summed E-state index contributed by atoms with van der Waals surface area (Å²) in [5.74, 6) is 0.277. The fourth-order valence-electron chi connectivity index (χ4n) is 3.01. The first-order valence-corrected chi connectivity index (χ1v) is 8.02. The molecule has 0 aliphatic heterocycles. The molecule has 0 spiro atoms. The second-order valence-corrected chi connectivity index (χ2v) is 6.24. The molecule has 1 aliphatic rings. The second kappa shape index (κ2) is 5.68. The lowest BCUT2D eigenvalue weighted by molar-refractivity contribution is 0.622. The molecule has 3 rings (SSSR count). The standard InChI is InChI=1S/C16H18BrFN2/c1-2-19-15-9-14(10-5-3-4-6-10)20-16-8-13(18)12(17)7-11(15)16/h7-10H,2-6H2,1H3,(H,19,20). The Morgan fingerprint density at radius 2 is 2.05 bits per heavy atom. The topological polar surface area (TPSA) is 24.9 Å². The third-order valence-electron chi connectivity index (χ3n) is 4.01. The molecule has 1 saturated carbocycles. The Balaban J connectivity index is 2.16. The molecule has 0 bridgehead atoms. The van der Waals surface area contributed by atoms with Crippen molar-refractivity contribution in [1.82, 2.24) is 4.98 Å². The second-order valence-electron chi connectivity index (χ2n) is 5.39. The summed E-state index contributed by atoms with van der Waals surface area (Å²) >= 11 is 3.26. The van der Waals surface area contributed by atoms with Gasteiger partial charge in [0, 0.05) is 35.3 Å². The van der Waals surface area contributed by atoms with Gasteiger partial charge >= 0.3 is 0 Å². The minimum Gasteiger partial charge on any atom is -0.385 e. The average Bonchev–Trinajstić information content (AvgIpc) is 2.95. The Morgan fingerprint density at radius 3 is 2.75 bits per heavy atom. The number of rotatable bonds is 3. The number of anilines is 1. The molecule has 20 heavy (non-hydrogen) atoms. The van der Waals surface area contributed by atoms with E-state index in [1.165, 1.54) is 31.7 Å². The zero-order valence-corrected chi connectivity index (χ0v) is 13.1. The van der Waals surface area contributed by atoms with Crippen LogP contribution in [0.1, 0.15) is 44.2 Å². The maximum Gasteiger partial charge on any atom is 0.139 e. The van der Waals surface area contributed by atoms with E-state index >= 15 is 0 Å². The molecule has 1 fully saturated rings. The van der Waals surface area contributed by atoms with Crippen molar-refractivity contribution >= 4 is 32.5 Å². The van der Waals surface area contributed by atoms with Crippen molar-refractivity contribution in [2.45, 2.75) is 38.5 Å². The number of hydrogen-bond acceptors (Lipinski definition) is 2. The van der Waals surface area contributed by atoms with Crippen molar-refractivity contribution in [2.75, 3.05) is 11.9 Å². The van der Waals surface area contributed by atoms with Crippen LogP contribution >= 0.6 is 15.9 Å². The highest BCUT2D eigenvalue weighted by molar-refractivity contribution is 9.10. The molecular weight excluding hydrogens is 319 g/mol. The Labute approximate surface area is 126 Å². The largest absolute Gasteiger partial charge is 0.385 e. The Morgan fingerprint density at radius 1 is 1.30 bits per heavy atom. The number of nitrogens with one attached hydrogen (secondary N) is 1. The molecule has 1 aliphatic carbocycles. The number of halogens is 2. The van der Waals surface area contributed by atoms with Crippen molar-refractivity contribution in [1.29, 1.82) is 0 Å². The first-order valence-electron chi connectivity index (χ1n) is 7.22. The quantitative estimate of drug-likeness (QED) is 0.830. The van der Waals surface area contributed by atoms with E-state index in [0.717, 1.165) is 28.8 Å². The Hall–Kier alpha value is -1.16. The van der Waals surface area contributed by atoms with Crippen molar-refractivity contribution < 1.29 is 4.39 Å². The maximum absolute atomic E-state index is 13.8. The van der Waals surface area contributed by atoms with Crippen LogP contribution in [0.25, 0.3) is 10.9 Å². The number of aromatic nitrogens is 1. The summed E-state index contributed by atoms with van der Waals surface area (Å²) in [5.41, 5.74) is 2.90. The molecule has 1 heterocycles. The van der Waals surface area contributed by atoms with Crippen LogP contribution in [0.3, 0.4) is 0 Å².